The highest BCUT2D eigenvalue weighted by atomic mass is 16.5. The third-order valence-corrected chi connectivity index (χ3v) is 4.54. The van der Waals surface area contributed by atoms with Crippen LogP contribution >= 0.6 is 0 Å². The van der Waals surface area contributed by atoms with E-state index in [9.17, 15) is 0 Å². The summed E-state index contributed by atoms with van der Waals surface area (Å²) in [5.74, 6) is 1.51. The van der Waals surface area contributed by atoms with Crippen molar-refractivity contribution in [2.75, 3.05) is 13.2 Å². The van der Waals surface area contributed by atoms with Crippen molar-refractivity contribution in [3.05, 3.63) is 22.8 Å². The maximum Gasteiger partial charge on any atom is 0.157 e. The summed E-state index contributed by atoms with van der Waals surface area (Å²) in [6.07, 6.45) is 6.06. The van der Waals surface area contributed by atoms with Gasteiger partial charge in [-0.25, -0.2) is 9.97 Å². The molecule has 1 saturated carbocycles. The van der Waals surface area contributed by atoms with Gasteiger partial charge in [0.2, 0.25) is 0 Å². The van der Waals surface area contributed by atoms with E-state index in [0.717, 1.165) is 55.7 Å². The Morgan fingerprint density at radius 2 is 1.90 bits per heavy atom. The van der Waals surface area contributed by atoms with Crippen molar-refractivity contribution < 1.29 is 4.74 Å². The van der Waals surface area contributed by atoms with Crippen LogP contribution in [0, 0.1) is 19.8 Å². The monoisotopic (exact) mass is 289 g/mol. The molecule has 4 nitrogen and oxygen atoms in total. The van der Waals surface area contributed by atoms with Gasteiger partial charge in [0.1, 0.15) is 6.10 Å². The predicted octanol–water partition coefficient (Wildman–Crippen LogP) is 2.88. The van der Waals surface area contributed by atoms with Gasteiger partial charge in [-0.1, -0.05) is 6.92 Å². The molecule has 1 aromatic rings. The van der Waals surface area contributed by atoms with Gasteiger partial charge < -0.3 is 10.1 Å². The van der Waals surface area contributed by atoms with Crippen molar-refractivity contribution in [2.45, 2.75) is 65.0 Å². The van der Waals surface area contributed by atoms with E-state index in [1.54, 1.807) is 0 Å². The molecule has 0 radical (unpaired) electrons. The molecule has 1 saturated heterocycles. The van der Waals surface area contributed by atoms with Crippen LogP contribution in [0.2, 0.25) is 0 Å². The first kappa shape index (κ1) is 14.9. The van der Waals surface area contributed by atoms with Crippen LogP contribution in [-0.2, 0) is 11.2 Å². The Bertz CT molecular complexity index is 470. The highest BCUT2D eigenvalue weighted by molar-refractivity contribution is 5.25. The highest BCUT2D eigenvalue weighted by Crippen LogP contribution is 2.27. The molecule has 0 bridgehead atoms. The van der Waals surface area contributed by atoms with Gasteiger partial charge in [-0.3, -0.25) is 0 Å². The summed E-state index contributed by atoms with van der Waals surface area (Å²) < 4.78 is 5.71. The fraction of sp³-hybridized carbons (Fsp3) is 0.765. The zero-order chi connectivity index (χ0) is 14.8. The molecular formula is C17H27N3O. The Balaban J connectivity index is 1.66. The smallest absolute Gasteiger partial charge is 0.157 e. The summed E-state index contributed by atoms with van der Waals surface area (Å²) in [5, 5.41) is 3.61. The fourth-order valence-electron chi connectivity index (χ4n) is 3.06. The molecule has 2 fully saturated rings. The zero-order valence-corrected chi connectivity index (χ0v) is 13.5. The van der Waals surface area contributed by atoms with E-state index in [1.807, 2.05) is 0 Å². The molecule has 0 aromatic carbocycles. The molecule has 1 aliphatic heterocycles. The van der Waals surface area contributed by atoms with Gasteiger partial charge >= 0.3 is 0 Å². The number of hydrogen-bond acceptors (Lipinski definition) is 4. The summed E-state index contributed by atoms with van der Waals surface area (Å²) >= 11 is 0. The summed E-state index contributed by atoms with van der Waals surface area (Å²) in [4.78, 5) is 9.44. The van der Waals surface area contributed by atoms with E-state index >= 15 is 0 Å². The second-order valence-corrected chi connectivity index (χ2v) is 6.72. The molecule has 2 atom stereocenters. The molecule has 0 amide bonds. The Morgan fingerprint density at radius 1 is 1.19 bits per heavy atom. The fourth-order valence-corrected chi connectivity index (χ4v) is 3.06. The predicted molar refractivity (Wildman–Crippen MR) is 83.3 cm³/mol. The Hall–Kier alpha value is -1.00. The Morgan fingerprint density at radius 3 is 2.48 bits per heavy atom. The number of hydrogen-bond donors (Lipinski definition) is 1. The third kappa shape index (κ3) is 3.80. The Kier molecular flexibility index (Phi) is 4.55. The van der Waals surface area contributed by atoms with Crippen LogP contribution in [-0.4, -0.2) is 29.2 Å². The average molecular weight is 289 g/mol. The first-order valence-electron chi connectivity index (χ1n) is 8.32. The maximum atomic E-state index is 5.71. The van der Waals surface area contributed by atoms with Crippen LogP contribution in [0.1, 0.15) is 61.5 Å². The standard InChI is InChI=1S/C17H27N3O/c1-11(10-18-14-6-7-14)9-15-12(2)19-17(20-13(15)3)16-5-4-8-21-16/h11,14,16,18H,4-10H2,1-3H3. The first-order valence-corrected chi connectivity index (χ1v) is 8.32. The van der Waals surface area contributed by atoms with Crippen LogP contribution in [0.5, 0.6) is 0 Å². The van der Waals surface area contributed by atoms with Crippen molar-refractivity contribution in [3.63, 3.8) is 0 Å². The van der Waals surface area contributed by atoms with Crippen LogP contribution in [0.3, 0.4) is 0 Å². The summed E-state index contributed by atoms with van der Waals surface area (Å²) in [7, 11) is 0. The first-order chi connectivity index (χ1) is 10.1. The largest absolute Gasteiger partial charge is 0.370 e. The molecule has 2 aliphatic rings. The second kappa shape index (κ2) is 6.41. The van der Waals surface area contributed by atoms with Crippen molar-refractivity contribution in [3.8, 4) is 0 Å². The molecular weight excluding hydrogens is 262 g/mol. The molecule has 2 heterocycles. The van der Waals surface area contributed by atoms with Crippen LogP contribution in [0.4, 0.5) is 0 Å². The van der Waals surface area contributed by atoms with Crippen LogP contribution in [0.25, 0.3) is 0 Å². The van der Waals surface area contributed by atoms with Crippen molar-refractivity contribution in [2.24, 2.45) is 5.92 Å². The minimum Gasteiger partial charge on any atom is -0.370 e. The second-order valence-electron chi connectivity index (χ2n) is 6.72. The highest BCUT2D eigenvalue weighted by Gasteiger charge is 2.23. The topological polar surface area (TPSA) is 47.0 Å². The van der Waals surface area contributed by atoms with Gasteiger partial charge in [-0.15, -0.1) is 0 Å². The molecule has 3 rings (SSSR count). The Labute approximate surface area is 127 Å². The number of nitrogens with zero attached hydrogens (tertiary/aromatic N) is 2. The average Bonchev–Trinajstić information content (AvgIpc) is 3.12. The number of rotatable bonds is 6. The molecule has 2 unspecified atom stereocenters. The van der Waals surface area contributed by atoms with Gasteiger partial charge in [0.25, 0.3) is 0 Å². The number of aromatic nitrogens is 2. The molecule has 21 heavy (non-hydrogen) atoms. The molecule has 1 aromatic heterocycles. The maximum absolute atomic E-state index is 5.71. The van der Waals surface area contributed by atoms with Gasteiger partial charge in [0.15, 0.2) is 5.82 Å². The SMILES string of the molecule is Cc1nc(C2CCCO2)nc(C)c1CC(C)CNC1CC1. The summed E-state index contributed by atoms with van der Waals surface area (Å²) in [6, 6.07) is 0.785. The lowest BCUT2D eigenvalue weighted by molar-refractivity contribution is 0.104. The third-order valence-electron chi connectivity index (χ3n) is 4.54. The van der Waals surface area contributed by atoms with Gasteiger partial charge in [-0.05, 0) is 64.0 Å². The molecule has 1 N–H and O–H groups in total. The van der Waals surface area contributed by atoms with Gasteiger partial charge in [0, 0.05) is 24.0 Å². The van der Waals surface area contributed by atoms with E-state index in [2.05, 4.69) is 26.1 Å². The molecule has 4 heteroatoms. The molecule has 1 aliphatic carbocycles. The summed E-state index contributed by atoms with van der Waals surface area (Å²) in [6.45, 7) is 8.48. The van der Waals surface area contributed by atoms with Crippen LogP contribution < -0.4 is 5.32 Å². The number of nitrogens with one attached hydrogen (secondary N) is 1. The minimum atomic E-state index is 0.116. The van der Waals surface area contributed by atoms with E-state index in [4.69, 9.17) is 14.7 Å². The molecule has 116 valence electrons. The van der Waals surface area contributed by atoms with E-state index in [0.29, 0.717) is 5.92 Å². The van der Waals surface area contributed by atoms with Gasteiger partial charge in [0.05, 0.1) is 0 Å². The van der Waals surface area contributed by atoms with Crippen molar-refractivity contribution >= 4 is 0 Å². The lowest BCUT2D eigenvalue weighted by Crippen LogP contribution is -2.25. The van der Waals surface area contributed by atoms with E-state index in [-0.39, 0.29) is 6.10 Å². The normalized spacial score (nSPS) is 23.5. The quantitative estimate of drug-likeness (QED) is 0.875. The lowest BCUT2D eigenvalue weighted by atomic mass is 9.98. The van der Waals surface area contributed by atoms with Crippen molar-refractivity contribution in [1.82, 2.24) is 15.3 Å². The van der Waals surface area contributed by atoms with E-state index < -0.39 is 0 Å². The number of aryl methyl sites for hydroxylation is 2. The van der Waals surface area contributed by atoms with E-state index in [1.165, 1.54) is 18.4 Å². The van der Waals surface area contributed by atoms with Crippen LogP contribution in [0.15, 0.2) is 0 Å². The summed E-state index contributed by atoms with van der Waals surface area (Å²) in [5.41, 5.74) is 3.58. The van der Waals surface area contributed by atoms with Crippen molar-refractivity contribution in [1.29, 1.82) is 0 Å². The molecule has 0 spiro atoms. The zero-order valence-electron chi connectivity index (χ0n) is 13.5. The van der Waals surface area contributed by atoms with Gasteiger partial charge in [-0.2, -0.15) is 0 Å². The number of ether oxygens (including phenoxy) is 1. The lowest BCUT2D eigenvalue weighted by Gasteiger charge is -2.17. The minimum absolute atomic E-state index is 0.116.